The van der Waals surface area contributed by atoms with Crippen molar-refractivity contribution in [2.75, 3.05) is 0 Å². The Hall–Kier alpha value is 0. The molecule has 0 aromatic carbocycles. The van der Waals surface area contributed by atoms with Crippen LogP contribution >= 0.6 is 0 Å². The summed E-state index contributed by atoms with van der Waals surface area (Å²) in [6, 6.07) is 0. The molecule has 0 radical (unpaired) electrons. The summed E-state index contributed by atoms with van der Waals surface area (Å²) >= 11 is 0. The molecule has 0 amide bonds. The fourth-order valence-corrected chi connectivity index (χ4v) is 20.9. The van der Waals surface area contributed by atoms with Crippen LogP contribution in [0.15, 0.2) is 0 Å². The van der Waals surface area contributed by atoms with Gasteiger partial charge in [0.15, 0.2) is 0 Å². The summed E-state index contributed by atoms with van der Waals surface area (Å²) in [4.78, 5) is 0. The Bertz CT molecular complexity index is 1190. The normalized spacial score (nSPS) is 70.7. The summed E-state index contributed by atoms with van der Waals surface area (Å²) in [6.45, 7) is 5.52. The average molecular weight is 539 g/mol. The summed E-state index contributed by atoms with van der Waals surface area (Å²) < 4.78 is 0. The van der Waals surface area contributed by atoms with Crippen LogP contribution in [-0.4, -0.2) is 0 Å². The lowest BCUT2D eigenvalue weighted by atomic mass is 9.18. The van der Waals surface area contributed by atoms with Crippen LogP contribution in [0.3, 0.4) is 0 Å². The Labute approximate surface area is 245 Å². The van der Waals surface area contributed by atoms with Crippen LogP contribution in [0.25, 0.3) is 0 Å². The second-order valence-electron chi connectivity index (χ2n) is 20.6. The molecular formula is C40H58. The lowest BCUT2D eigenvalue weighted by Gasteiger charge is -2.86. The topological polar surface area (TPSA) is 0 Å². The van der Waals surface area contributed by atoms with Gasteiger partial charge < -0.3 is 0 Å². The van der Waals surface area contributed by atoms with E-state index in [4.69, 9.17) is 0 Å². The summed E-state index contributed by atoms with van der Waals surface area (Å²) in [7, 11) is 0. The van der Waals surface area contributed by atoms with Crippen LogP contribution in [0.1, 0.15) is 142 Å². The van der Waals surface area contributed by atoms with Crippen LogP contribution < -0.4 is 0 Å². The molecule has 12 aliphatic rings. The van der Waals surface area contributed by atoms with Gasteiger partial charge >= 0.3 is 0 Å². The second kappa shape index (κ2) is 6.65. The third kappa shape index (κ3) is 2.08. The molecule has 0 aliphatic heterocycles. The molecule has 12 fully saturated rings. The van der Waals surface area contributed by atoms with Gasteiger partial charge in [-0.1, -0.05) is 46.0 Å². The van der Waals surface area contributed by atoms with Crippen LogP contribution in [0.4, 0.5) is 0 Å². The van der Waals surface area contributed by atoms with E-state index in [2.05, 4.69) is 13.8 Å². The fourth-order valence-electron chi connectivity index (χ4n) is 20.9. The molecule has 0 heterocycles. The Morgan fingerprint density at radius 3 is 2.10 bits per heavy atom. The highest BCUT2D eigenvalue weighted by Crippen LogP contribution is 2.97. The molecule has 0 nitrogen and oxygen atoms in total. The van der Waals surface area contributed by atoms with Gasteiger partial charge in [-0.05, 0) is 200 Å². The largest absolute Gasteiger partial charge is 0.0625 e. The first kappa shape index (κ1) is 23.4. The molecule has 12 aliphatic carbocycles. The first-order chi connectivity index (χ1) is 19.4. The number of hydrogen-bond acceptors (Lipinski definition) is 0. The van der Waals surface area contributed by atoms with Crippen LogP contribution in [0, 0.1) is 104 Å². The van der Waals surface area contributed by atoms with E-state index in [0.29, 0.717) is 0 Å². The average Bonchev–Trinajstić information content (AvgIpc) is 3.70. The molecular weight excluding hydrogens is 480 g/mol. The Morgan fingerprint density at radius 1 is 0.550 bits per heavy atom. The van der Waals surface area contributed by atoms with E-state index in [1.54, 1.807) is 128 Å². The van der Waals surface area contributed by atoms with E-state index in [-0.39, 0.29) is 0 Å². The molecule has 0 N–H and O–H groups in total. The maximum Gasteiger partial charge on any atom is -0.0170 e. The van der Waals surface area contributed by atoms with Crippen molar-refractivity contribution in [3.63, 3.8) is 0 Å². The van der Waals surface area contributed by atoms with Gasteiger partial charge in [0.1, 0.15) is 0 Å². The van der Waals surface area contributed by atoms with Gasteiger partial charge in [-0.15, -0.1) is 0 Å². The highest BCUT2D eigenvalue weighted by molar-refractivity contribution is 5.39. The predicted octanol–water partition coefficient (Wildman–Crippen LogP) is 10.3. The van der Waals surface area contributed by atoms with Gasteiger partial charge in [0.05, 0.1) is 0 Å². The number of hydrogen-bond donors (Lipinski definition) is 0. The van der Waals surface area contributed by atoms with E-state index >= 15 is 0 Å². The zero-order valence-electron chi connectivity index (χ0n) is 26.1. The Morgan fingerprint density at radius 2 is 1.27 bits per heavy atom. The van der Waals surface area contributed by atoms with Crippen molar-refractivity contribution in [1.29, 1.82) is 0 Å². The molecule has 4 spiro atoms. The first-order valence-electron chi connectivity index (χ1n) is 19.4. The zero-order chi connectivity index (χ0) is 26.1. The van der Waals surface area contributed by atoms with Crippen molar-refractivity contribution in [2.45, 2.75) is 142 Å². The monoisotopic (exact) mass is 538 g/mol. The standard InChI is InChI=1S/C40H58/c1-23-16-38(27-10-11-27)21-36-18-25-14-29-33(30-15-28-24(2)32(25)40(28,29)30)35-12-7-13-37(20-35,26-8-5-3-4-6-9-26)31(19-35)39(17-23,22-36)34(36)38/h23-34H,3-22H2,1-2H3/t23?,24?,25?,28?,29?,30-,31?,32?,33?,34?,35?,36?,37?,38?,39?,40?/m0/s1. The van der Waals surface area contributed by atoms with E-state index in [1.807, 2.05) is 0 Å². The smallest absolute Gasteiger partial charge is 0.0170 e. The fraction of sp³-hybridized carbons (Fsp3) is 1.00. The Balaban J connectivity index is 1.07. The molecule has 0 saturated heterocycles. The minimum absolute atomic E-state index is 0.770. The lowest BCUT2D eigenvalue weighted by molar-refractivity contribution is -0.382. The molecule has 0 heteroatoms. The van der Waals surface area contributed by atoms with Gasteiger partial charge in [-0.25, -0.2) is 0 Å². The third-order valence-electron chi connectivity index (χ3n) is 20.2. The quantitative estimate of drug-likeness (QED) is 0.307. The van der Waals surface area contributed by atoms with Crippen molar-refractivity contribution >= 4 is 0 Å². The van der Waals surface area contributed by atoms with E-state index in [1.165, 1.54) is 35.5 Å². The summed E-state index contributed by atoms with van der Waals surface area (Å²) in [6.07, 6.45) is 33.2. The van der Waals surface area contributed by atoms with Gasteiger partial charge in [-0.3, -0.25) is 0 Å². The van der Waals surface area contributed by atoms with E-state index in [0.717, 1.165) is 68.0 Å². The minimum Gasteiger partial charge on any atom is -0.0625 e. The molecule has 0 aromatic rings. The lowest BCUT2D eigenvalue weighted by Crippen LogP contribution is -2.80. The first-order valence-corrected chi connectivity index (χ1v) is 19.4. The van der Waals surface area contributed by atoms with Gasteiger partial charge in [0, 0.05) is 0 Å². The van der Waals surface area contributed by atoms with Crippen molar-refractivity contribution in [1.82, 2.24) is 0 Å². The summed E-state index contributed by atoms with van der Waals surface area (Å²) in [5.74, 6) is 13.8. The third-order valence-corrected chi connectivity index (χ3v) is 20.2. The maximum absolute atomic E-state index is 2.76. The van der Waals surface area contributed by atoms with Crippen molar-refractivity contribution in [2.24, 2.45) is 104 Å². The van der Waals surface area contributed by atoms with Crippen molar-refractivity contribution in [3.8, 4) is 0 Å². The van der Waals surface area contributed by atoms with E-state index < -0.39 is 0 Å². The van der Waals surface area contributed by atoms with Gasteiger partial charge in [-0.2, -0.15) is 0 Å². The van der Waals surface area contributed by atoms with Crippen LogP contribution in [-0.2, 0) is 0 Å². The molecule has 0 aromatic heterocycles. The number of rotatable bonds is 2. The molecule has 15 unspecified atom stereocenters. The summed E-state index contributed by atoms with van der Waals surface area (Å²) in [5, 5.41) is 0. The second-order valence-corrected chi connectivity index (χ2v) is 20.6. The van der Waals surface area contributed by atoms with Gasteiger partial charge in [0.25, 0.3) is 0 Å². The van der Waals surface area contributed by atoms with Crippen LogP contribution in [0.2, 0.25) is 0 Å². The van der Waals surface area contributed by atoms with E-state index in [9.17, 15) is 0 Å². The molecule has 40 heavy (non-hydrogen) atoms. The maximum atomic E-state index is 2.76. The molecule has 7 bridgehead atoms. The molecule has 12 rings (SSSR count). The molecule has 16 atom stereocenters. The zero-order valence-corrected chi connectivity index (χ0v) is 26.1. The minimum atomic E-state index is 0.770. The highest BCUT2D eigenvalue weighted by Gasteiger charge is 2.91. The predicted molar refractivity (Wildman–Crippen MR) is 160 cm³/mol. The van der Waals surface area contributed by atoms with Gasteiger partial charge in [0.2, 0.25) is 0 Å². The molecule has 218 valence electrons. The van der Waals surface area contributed by atoms with Crippen molar-refractivity contribution < 1.29 is 0 Å². The molecule has 12 saturated carbocycles. The van der Waals surface area contributed by atoms with Crippen LogP contribution in [0.5, 0.6) is 0 Å². The highest BCUT2D eigenvalue weighted by atomic mass is 14.9. The van der Waals surface area contributed by atoms with Crippen molar-refractivity contribution in [3.05, 3.63) is 0 Å². The Kier molecular flexibility index (Phi) is 3.89. The summed E-state index contributed by atoms with van der Waals surface area (Å²) in [5.41, 5.74) is 4.92. The number of fused-ring (bicyclic) bond motifs is 6. The SMILES string of the molecule is CC1CC2(C3CC3)CC34CC5CC6C([C@@H]7CC8C(C)C5C867)C56CCCC(C7CCCCCC7)(C5)C(C6)C(C1)(C3)C42.